The van der Waals surface area contributed by atoms with E-state index < -0.39 is 17.2 Å². The van der Waals surface area contributed by atoms with Gasteiger partial charge in [-0.05, 0) is 31.0 Å². The Bertz CT molecular complexity index is 734. The molecule has 0 bridgehead atoms. The van der Waals surface area contributed by atoms with Gasteiger partial charge in [0.1, 0.15) is 11.4 Å². The monoisotopic (exact) mass is 291 g/mol. The van der Waals surface area contributed by atoms with E-state index >= 15 is 0 Å². The molecule has 0 saturated carbocycles. The van der Waals surface area contributed by atoms with Crippen LogP contribution in [0.25, 0.3) is 10.9 Å². The highest BCUT2D eigenvalue weighted by Crippen LogP contribution is 2.16. The Morgan fingerprint density at radius 3 is 2.71 bits per heavy atom. The van der Waals surface area contributed by atoms with Crippen molar-refractivity contribution in [3.8, 4) is 0 Å². The van der Waals surface area contributed by atoms with Crippen LogP contribution in [0, 0.1) is 11.7 Å². The highest BCUT2D eigenvalue weighted by Gasteiger charge is 2.17. The van der Waals surface area contributed by atoms with Gasteiger partial charge in [0.25, 0.3) is 0 Å². The molecule has 0 radical (unpaired) electrons. The third-order valence-electron chi connectivity index (χ3n) is 3.10. The Morgan fingerprint density at radius 1 is 1.38 bits per heavy atom. The number of pyridine rings is 1. The van der Waals surface area contributed by atoms with Crippen LogP contribution in [0.15, 0.2) is 29.2 Å². The van der Waals surface area contributed by atoms with Crippen LogP contribution < -0.4 is 5.43 Å². The topological polar surface area (TPSA) is 48.3 Å². The summed E-state index contributed by atoms with van der Waals surface area (Å²) >= 11 is 0. The van der Waals surface area contributed by atoms with E-state index in [9.17, 15) is 14.0 Å². The van der Waals surface area contributed by atoms with Crippen molar-refractivity contribution in [1.29, 1.82) is 0 Å². The fraction of sp³-hybridized carbons (Fsp3) is 0.375. The standard InChI is InChI=1S/C16H18FNO3/c1-4-21-16(20)13-9-18(8-10(2)3)14-7-11(17)5-6-12(14)15(13)19/h5-7,9-10H,4,8H2,1-3H3. The number of nitrogens with zero attached hydrogens (tertiary/aromatic N) is 1. The van der Waals surface area contributed by atoms with E-state index in [2.05, 4.69) is 0 Å². The summed E-state index contributed by atoms with van der Waals surface area (Å²) in [6.45, 7) is 6.47. The number of esters is 1. The van der Waals surface area contributed by atoms with Crippen molar-refractivity contribution in [1.82, 2.24) is 4.57 Å². The van der Waals surface area contributed by atoms with Crippen LogP contribution in [0.4, 0.5) is 4.39 Å². The van der Waals surface area contributed by atoms with Crippen LogP contribution >= 0.6 is 0 Å². The zero-order valence-electron chi connectivity index (χ0n) is 12.4. The molecular weight excluding hydrogens is 273 g/mol. The second-order valence-electron chi connectivity index (χ2n) is 5.30. The maximum atomic E-state index is 13.5. The van der Waals surface area contributed by atoms with E-state index in [1.165, 1.54) is 24.4 Å². The lowest BCUT2D eigenvalue weighted by atomic mass is 10.1. The molecule has 0 aliphatic rings. The predicted octanol–water partition coefficient (Wildman–Crippen LogP) is 2.97. The molecule has 0 aliphatic heterocycles. The van der Waals surface area contributed by atoms with Crippen LogP contribution in [0.3, 0.4) is 0 Å². The first kappa shape index (κ1) is 15.2. The van der Waals surface area contributed by atoms with Gasteiger partial charge in [-0.2, -0.15) is 0 Å². The van der Waals surface area contributed by atoms with Gasteiger partial charge in [-0.25, -0.2) is 9.18 Å². The number of aromatic nitrogens is 1. The first-order valence-electron chi connectivity index (χ1n) is 6.93. The summed E-state index contributed by atoms with van der Waals surface area (Å²) < 4.78 is 20.1. The largest absolute Gasteiger partial charge is 0.462 e. The summed E-state index contributed by atoms with van der Waals surface area (Å²) in [6, 6.07) is 3.94. The van der Waals surface area contributed by atoms with Gasteiger partial charge in [-0.15, -0.1) is 0 Å². The molecule has 2 aromatic rings. The third-order valence-corrected chi connectivity index (χ3v) is 3.10. The highest BCUT2D eigenvalue weighted by molar-refractivity contribution is 5.93. The van der Waals surface area contributed by atoms with Crippen molar-refractivity contribution in [2.45, 2.75) is 27.3 Å². The quantitative estimate of drug-likeness (QED) is 0.814. The lowest BCUT2D eigenvalue weighted by Gasteiger charge is -2.15. The second-order valence-corrected chi connectivity index (χ2v) is 5.30. The molecule has 1 heterocycles. The average molecular weight is 291 g/mol. The molecule has 0 saturated heterocycles. The Morgan fingerprint density at radius 2 is 2.10 bits per heavy atom. The summed E-state index contributed by atoms with van der Waals surface area (Å²) in [5, 5.41) is 0.322. The Balaban J connectivity index is 2.72. The number of rotatable bonds is 4. The SMILES string of the molecule is CCOC(=O)c1cn(CC(C)C)c2cc(F)ccc2c1=O. The maximum absolute atomic E-state index is 13.5. The maximum Gasteiger partial charge on any atom is 0.343 e. The van der Waals surface area contributed by atoms with Gasteiger partial charge < -0.3 is 9.30 Å². The van der Waals surface area contributed by atoms with Crippen molar-refractivity contribution in [3.05, 3.63) is 46.0 Å². The van der Waals surface area contributed by atoms with E-state index in [0.29, 0.717) is 17.4 Å². The van der Waals surface area contributed by atoms with Crippen LogP contribution in [0.2, 0.25) is 0 Å². The number of ether oxygens (including phenoxy) is 1. The fourth-order valence-electron chi connectivity index (χ4n) is 2.26. The van der Waals surface area contributed by atoms with E-state index in [4.69, 9.17) is 4.74 Å². The molecule has 0 fully saturated rings. The van der Waals surface area contributed by atoms with Crippen LogP contribution in [0.5, 0.6) is 0 Å². The zero-order chi connectivity index (χ0) is 15.6. The second kappa shape index (κ2) is 6.08. The van der Waals surface area contributed by atoms with Crippen LogP contribution in [-0.2, 0) is 11.3 Å². The zero-order valence-corrected chi connectivity index (χ0v) is 12.4. The lowest BCUT2D eigenvalue weighted by molar-refractivity contribution is 0.0524. The first-order valence-corrected chi connectivity index (χ1v) is 6.93. The number of halogens is 1. The van der Waals surface area contributed by atoms with Crippen molar-refractivity contribution >= 4 is 16.9 Å². The van der Waals surface area contributed by atoms with Gasteiger partial charge in [-0.3, -0.25) is 4.79 Å². The van der Waals surface area contributed by atoms with Gasteiger partial charge in [-0.1, -0.05) is 13.8 Å². The molecule has 2 rings (SSSR count). The van der Waals surface area contributed by atoms with Gasteiger partial charge in [0.05, 0.1) is 12.1 Å². The summed E-state index contributed by atoms with van der Waals surface area (Å²) in [5.74, 6) is -0.775. The molecule has 4 nitrogen and oxygen atoms in total. The first-order chi connectivity index (χ1) is 9.93. The normalized spacial score (nSPS) is 11.1. The lowest BCUT2D eigenvalue weighted by Crippen LogP contribution is -2.22. The Kier molecular flexibility index (Phi) is 4.40. The number of hydrogen-bond donors (Lipinski definition) is 0. The highest BCUT2D eigenvalue weighted by atomic mass is 19.1. The minimum Gasteiger partial charge on any atom is -0.462 e. The van der Waals surface area contributed by atoms with Crippen molar-refractivity contribution in [3.63, 3.8) is 0 Å². The van der Waals surface area contributed by atoms with Crippen molar-refractivity contribution in [2.24, 2.45) is 5.92 Å². The molecule has 0 N–H and O–H groups in total. The molecule has 0 unspecified atom stereocenters. The molecule has 0 spiro atoms. The molecule has 5 heteroatoms. The molecule has 112 valence electrons. The molecule has 1 aromatic heterocycles. The van der Waals surface area contributed by atoms with Crippen molar-refractivity contribution < 1.29 is 13.9 Å². The molecule has 21 heavy (non-hydrogen) atoms. The summed E-state index contributed by atoms with van der Waals surface area (Å²) in [6.07, 6.45) is 1.46. The minimum absolute atomic E-state index is 0.0170. The molecule has 0 aliphatic carbocycles. The fourth-order valence-corrected chi connectivity index (χ4v) is 2.26. The van der Waals surface area contributed by atoms with E-state index in [1.54, 1.807) is 11.5 Å². The smallest absolute Gasteiger partial charge is 0.343 e. The van der Waals surface area contributed by atoms with E-state index in [-0.39, 0.29) is 18.1 Å². The van der Waals surface area contributed by atoms with E-state index in [1.807, 2.05) is 13.8 Å². The van der Waals surface area contributed by atoms with Crippen LogP contribution in [0.1, 0.15) is 31.1 Å². The minimum atomic E-state index is -0.647. The molecule has 0 amide bonds. The van der Waals surface area contributed by atoms with Gasteiger partial charge in [0.15, 0.2) is 0 Å². The average Bonchev–Trinajstić information content (AvgIpc) is 2.41. The molecule has 1 aromatic carbocycles. The van der Waals surface area contributed by atoms with Gasteiger partial charge in [0.2, 0.25) is 5.43 Å². The molecular formula is C16H18FNO3. The number of fused-ring (bicyclic) bond motifs is 1. The third kappa shape index (κ3) is 3.12. The summed E-state index contributed by atoms with van der Waals surface area (Å²) in [4.78, 5) is 24.3. The van der Waals surface area contributed by atoms with Crippen LogP contribution in [-0.4, -0.2) is 17.1 Å². The number of benzene rings is 1. The van der Waals surface area contributed by atoms with Crippen molar-refractivity contribution in [2.75, 3.05) is 6.61 Å². The predicted molar refractivity (Wildman–Crippen MR) is 79.0 cm³/mol. The Hall–Kier alpha value is -2.17. The summed E-state index contributed by atoms with van der Waals surface area (Å²) in [5.41, 5.74) is 0.0433. The van der Waals surface area contributed by atoms with Gasteiger partial charge in [0, 0.05) is 18.1 Å². The number of carbonyl (C=O) groups is 1. The number of hydrogen-bond acceptors (Lipinski definition) is 3. The van der Waals surface area contributed by atoms with Gasteiger partial charge >= 0.3 is 5.97 Å². The Labute approximate surface area is 122 Å². The molecule has 0 atom stereocenters. The summed E-state index contributed by atoms with van der Waals surface area (Å²) in [7, 11) is 0. The number of carbonyl (C=O) groups excluding carboxylic acids is 1. The van der Waals surface area contributed by atoms with E-state index in [0.717, 1.165) is 0 Å².